The van der Waals surface area contributed by atoms with Crippen LogP contribution in [0.25, 0.3) is 0 Å². The zero-order valence-corrected chi connectivity index (χ0v) is 17.9. The Morgan fingerprint density at radius 3 is 2.54 bits per heavy atom. The Balaban J connectivity index is 1.73. The monoisotopic (exact) mass is 448 g/mol. The summed E-state index contributed by atoms with van der Waals surface area (Å²) in [5.41, 5.74) is 4.55. The van der Waals surface area contributed by atoms with Gasteiger partial charge in [-0.05, 0) is 70.2 Å². The normalized spacial score (nSPS) is 10.7. The highest BCUT2D eigenvalue weighted by Crippen LogP contribution is 2.27. The number of rotatable bonds is 10. The van der Waals surface area contributed by atoms with Gasteiger partial charge in [0.2, 0.25) is 5.91 Å². The van der Waals surface area contributed by atoms with E-state index >= 15 is 0 Å². The number of aryl methyl sites for hydroxylation is 1. The summed E-state index contributed by atoms with van der Waals surface area (Å²) < 4.78 is 17.1. The molecule has 1 N–H and O–H groups in total. The standard InChI is InChI=1S/C21H25BrN2O4/c1-4-15-7-9-18(17(22)12-15)28-11-5-6-21(25)24-23-14-16-8-10-19(26-2)20(13-16)27-3/h7-10,12-14H,4-6,11H2,1-3H3,(H,24,25)/b23-14+. The van der Waals surface area contributed by atoms with Crippen molar-refractivity contribution in [2.75, 3.05) is 20.8 Å². The van der Waals surface area contributed by atoms with E-state index in [2.05, 4.69) is 33.4 Å². The van der Waals surface area contributed by atoms with Gasteiger partial charge in [-0.15, -0.1) is 0 Å². The van der Waals surface area contributed by atoms with Crippen molar-refractivity contribution in [3.8, 4) is 17.2 Å². The SMILES string of the molecule is CCc1ccc(OCCCC(=O)N/N=C/c2ccc(OC)c(OC)c2)c(Br)c1. The number of nitrogens with zero attached hydrogens (tertiary/aromatic N) is 1. The number of halogens is 1. The lowest BCUT2D eigenvalue weighted by Crippen LogP contribution is -2.18. The van der Waals surface area contributed by atoms with E-state index < -0.39 is 0 Å². The minimum atomic E-state index is -0.166. The maximum atomic E-state index is 11.9. The van der Waals surface area contributed by atoms with Gasteiger partial charge in [0.15, 0.2) is 11.5 Å². The van der Waals surface area contributed by atoms with E-state index in [0.717, 1.165) is 22.2 Å². The van der Waals surface area contributed by atoms with E-state index in [0.29, 0.717) is 30.9 Å². The van der Waals surface area contributed by atoms with E-state index in [9.17, 15) is 4.79 Å². The van der Waals surface area contributed by atoms with Crippen LogP contribution in [-0.4, -0.2) is 32.9 Å². The second-order valence-electron chi connectivity index (χ2n) is 5.98. The number of carbonyl (C=O) groups is 1. The van der Waals surface area contributed by atoms with Gasteiger partial charge >= 0.3 is 0 Å². The Labute approximate surface area is 174 Å². The smallest absolute Gasteiger partial charge is 0.240 e. The third-order valence-corrected chi connectivity index (χ3v) is 4.64. The van der Waals surface area contributed by atoms with Crippen molar-refractivity contribution in [3.63, 3.8) is 0 Å². The molecule has 150 valence electrons. The van der Waals surface area contributed by atoms with Crippen molar-refractivity contribution in [2.24, 2.45) is 5.10 Å². The molecule has 2 rings (SSSR count). The van der Waals surface area contributed by atoms with Crippen LogP contribution in [0.2, 0.25) is 0 Å². The second kappa shape index (κ2) is 11.3. The van der Waals surface area contributed by atoms with Crippen LogP contribution < -0.4 is 19.6 Å². The van der Waals surface area contributed by atoms with Crippen LogP contribution >= 0.6 is 15.9 Å². The number of benzene rings is 2. The predicted molar refractivity (Wildman–Crippen MR) is 114 cm³/mol. The zero-order valence-electron chi connectivity index (χ0n) is 16.3. The van der Waals surface area contributed by atoms with E-state index in [1.165, 1.54) is 5.56 Å². The Morgan fingerprint density at radius 1 is 1.11 bits per heavy atom. The number of carbonyl (C=O) groups excluding carboxylic acids is 1. The molecule has 7 heteroatoms. The van der Waals surface area contributed by atoms with Crippen molar-refractivity contribution in [1.29, 1.82) is 0 Å². The molecule has 0 aromatic heterocycles. The first-order chi connectivity index (χ1) is 13.6. The number of nitrogens with one attached hydrogen (secondary N) is 1. The molecule has 0 aliphatic heterocycles. The molecule has 0 atom stereocenters. The third kappa shape index (κ3) is 6.56. The van der Waals surface area contributed by atoms with Crippen LogP contribution in [0.3, 0.4) is 0 Å². The molecule has 2 aromatic carbocycles. The summed E-state index contributed by atoms with van der Waals surface area (Å²) in [6.45, 7) is 2.56. The molecule has 0 aliphatic carbocycles. The number of methoxy groups -OCH3 is 2. The van der Waals surface area contributed by atoms with Crippen molar-refractivity contribution in [1.82, 2.24) is 5.43 Å². The number of hydrogen-bond donors (Lipinski definition) is 1. The molecule has 0 saturated heterocycles. The Bertz CT molecular complexity index is 824. The van der Waals surface area contributed by atoms with Crippen molar-refractivity contribution >= 4 is 28.1 Å². The number of hydrogen-bond acceptors (Lipinski definition) is 5. The van der Waals surface area contributed by atoms with Gasteiger partial charge < -0.3 is 14.2 Å². The molecular weight excluding hydrogens is 424 g/mol. The first kappa shape index (κ1) is 21.8. The molecule has 2 aromatic rings. The Kier molecular flexibility index (Phi) is 8.81. The number of hydrazone groups is 1. The summed E-state index contributed by atoms with van der Waals surface area (Å²) in [5, 5.41) is 3.97. The van der Waals surface area contributed by atoms with Gasteiger partial charge in [-0.25, -0.2) is 5.43 Å². The lowest BCUT2D eigenvalue weighted by molar-refractivity contribution is -0.121. The minimum absolute atomic E-state index is 0.166. The maximum Gasteiger partial charge on any atom is 0.240 e. The highest BCUT2D eigenvalue weighted by molar-refractivity contribution is 9.10. The fourth-order valence-corrected chi connectivity index (χ4v) is 3.00. The largest absolute Gasteiger partial charge is 0.493 e. The summed E-state index contributed by atoms with van der Waals surface area (Å²) in [4.78, 5) is 11.9. The van der Waals surface area contributed by atoms with Crippen molar-refractivity contribution in [2.45, 2.75) is 26.2 Å². The molecule has 0 radical (unpaired) electrons. The zero-order chi connectivity index (χ0) is 20.4. The molecule has 0 spiro atoms. The van der Waals surface area contributed by atoms with Gasteiger partial charge in [-0.3, -0.25) is 4.79 Å². The van der Waals surface area contributed by atoms with Gasteiger partial charge in [0.05, 0.1) is 31.5 Å². The number of ether oxygens (including phenoxy) is 3. The average molecular weight is 449 g/mol. The highest BCUT2D eigenvalue weighted by atomic mass is 79.9. The fraction of sp³-hybridized carbons (Fsp3) is 0.333. The van der Waals surface area contributed by atoms with Crippen LogP contribution in [-0.2, 0) is 11.2 Å². The maximum absolute atomic E-state index is 11.9. The molecule has 6 nitrogen and oxygen atoms in total. The summed E-state index contributed by atoms with van der Waals surface area (Å²) in [5.74, 6) is 1.86. The molecule has 0 heterocycles. The van der Waals surface area contributed by atoms with Gasteiger partial charge in [0.25, 0.3) is 0 Å². The Hall–Kier alpha value is -2.54. The van der Waals surface area contributed by atoms with Crippen molar-refractivity contribution < 1.29 is 19.0 Å². The van der Waals surface area contributed by atoms with Crippen LogP contribution in [0.4, 0.5) is 0 Å². The van der Waals surface area contributed by atoms with Gasteiger partial charge in [-0.1, -0.05) is 13.0 Å². The minimum Gasteiger partial charge on any atom is -0.493 e. The highest BCUT2D eigenvalue weighted by Gasteiger charge is 2.05. The van der Waals surface area contributed by atoms with Crippen molar-refractivity contribution in [3.05, 3.63) is 52.0 Å². The van der Waals surface area contributed by atoms with E-state index in [4.69, 9.17) is 14.2 Å². The van der Waals surface area contributed by atoms with Crippen LogP contribution in [0.1, 0.15) is 30.9 Å². The molecule has 0 aliphatic rings. The molecule has 0 fully saturated rings. The lowest BCUT2D eigenvalue weighted by atomic mass is 10.2. The van der Waals surface area contributed by atoms with Crippen LogP contribution in [0.5, 0.6) is 17.2 Å². The summed E-state index contributed by atoms with van der Waals surface area (Å²) >= 11 is 3.50. The topological polar surface area (TPSA) is 69.2 Å². The Morgan fingerprint density at radius 2 is 1.86 bits per heavy atom. The first-order valence-electron chi connectivity index (χ1n) is 9.02. The lowest BCUT2D eigenvalue weighted by Gasteiger charge is -2.09. The van der Waals surface area contributed by atoms with Crippen LogP contribution in [0.15, 0.2) is 46.0 Å². The molecular formula is C21H25BrN2O4. The quantitative estimate of drug-likeness (QED) is 0.333. The van der Waals surface area contributed by atoms with Crippen LogP contribution in [0, 0.1) is 0 Å². The summed E-state index contributed by atoms with van der Waals surface area (Å²) in [7, 11) is 3.15. The number of amides is 1. The molecule has 0 unspecified atom stereocenters. The van der Waals surface area contributed by atoms with Gasteiger partial charge in [0.1, 0.15) is 5.75 Å². The van der Waals surface area contributed by atoms with E-state index in [1.54, 1.807) is 32.6 Å². The molecule has 28 heavy (non-hydrogen) atoms. The second-order valence-corrected chi connectivity index (χ2v) is 6.83. The summed E-state index contributed by atoms with van der Waals surface area (Å²) in [6, 6.07) is 11.4. The predicted octanol–water partition coefficient (Wildman–Crippen LogP) is 4.34. The molecule has 1 amide bonds. The molecule has 0 saturated carbocycles. The van der Waals surface area contributed by atoms with E-state index in [1.807, 2.05) is 24.3 Å². The van der Waals surface area contributed by atoms with E-state index in [-0.39, 0.29) is 5.91 Å². The molecule has 0 bridgehead atoms. The summed E-state index contributed by atoms with van der Waals surface area (Å²) in [6.07, 6.45) is 3.46. The fourth-order valence-electron chi connectivity index (χ4n) is 2.46. The van der Waals surface area contributed by atoms with Gasteiger partial charge in [-0.2, -0.15) is 5.10 Å². The average Bonchev–Trinajstić information content (AvgIpc) is 2.71. The van der Waals surface area contributed by atoms with Gasteiger partial charge in [0, 0.05) is 6.42 Å². The third-order valence-electron chi connectivity index (χ3n) is 4.02. The first-order valence-corrected chi connectivity index (χ1v) is 9.81.